The first kappa shape index (κ1) is 17.0. The first-order chi connectivity index (χ1) is 12.2. The van der Waals surface area contributed by atoms with Crippen LogP contribution in [-0.2, 0) is 17.8 Å². The van der Waals surface area contributed by atoms with E-state index in [-0.39, 0.29) is 11.7 Å². The largest absolute Gasteiger partial charge is 0.375 e. The Hall–Kier alpha value is -2.80. The first-order valence-electron chi connectivity index (χ1n) is 7.80. The van der Waals surface area contributed by atoms with E-state index in [2.05, 4.69) is 15.5 Å². The first-order valence-corrected chi connectivity index (χ1v) is 8.78. The average molecular weight is 354 g/mol. The summed E-state index contributed by atoms with van der Waals surface area (Å²) in [4.78, 5) is 16.3. The van der Waals surface area contributed by atoms with Crippen LogP contribution in [0.3, 0.4) is 0 Å². The van der Waals surface area contributed by atoms with Crippen LogP contribution in [0, 0.1) is 0 Å². The van der Waals surface area contributed by atoms with Gasteiger partial charge in [-0.3, -0.25) is 4.79 Å². The number of nitrogens with one attached hydrogen (secondary N) is 1. The molecule has 0 saturated carbocycles. The highest BCUT2D eigenvalue weighted by Gasteiger charge is 2.09. The molecular weight excluding hydrogens is 336 g/mol. The summed E-state index contributed by atoms with van der Waals surface area (Å²) in [7, 11) is 0. The van der Waals surface area contributed by atoms with Crippen molar-refractivity contribution in [2.24, 2.45) is 5.73 Å². The van der Waals surface area contributed by atoms with Gasteiger partial charge in [0.15, 0.2) is 5.82 Å². The minimum Gasteiger partial charge on any atom is -0.375 e. The second-order valence-corrected chi connectivity index (χ2v) is 6.39. The molecule has 0 fully saturated rings. The van der Waals surface area contributed by atoms with Gasteiger partial charge < -0.3 is 15.6 Å². The highest BCUT2D eigenvalue weighted by atomic mass is 32.2. The van der Waals surface area contributed by atoms with Crippen molar-refractivity contribution in [2.75, 3.05) is 11.1 Å². The number of nitrogens with two attached hydrogens (primary N) is 1. The minimum atomic E-state index is -0.345. The Balaban J connectivity index is 1.60. The van der Waals surface area contributed by atoms with Gasteiger partial charge in [0.1, 0.15) is 0 Å². The van der Waals surface area contributed by atoms with E-state index in [9.17, 15) is 4.79 Å². The number of thioether (sulfide) groups is 1. The van der Waals surface area contributed by atoms with Gasteiger partial charge in [0, 0.05) is 17.0 Å². The van der Waals surface area contributed by atoms with Crippen LogP contribution in [0.15, 0.2) is 64.0 Å². The van der Waals surface area contributed by atoms with E-state index in [1.54, 1.807) is 0 Å². The van der Waals surface area contributed by atoms with Crippen molar-refractivity contribution >= 4 is 23.4 Å². The van der Waals surface area contributed by atoms with Gasteiger partial charge in [-0.25, -0.2) is 0 Å². The molecule has 25 heavy (non-hydrogen) atoms. The number of para-hydroxylation sites is 1. The van der Waals surface area contributed by atoms with Crippen LogP contribution in [0.5, 0.6) is 0 Å². The van der Waals surface area contributed by atoms with Gasteiger partial charge in [-0.15, -0.1) is 11.8 Å². The summed E-state index contributed by atoms with van der Waals surface area (Å²) in [6.07, 6.45) is 0.634. The maximum atomic E-state index is 11.0. The lowest BCUT2D eigenvalue weighted by molar-refractivity contribution is -0.115. The molecule has 0 bridgehead atoms. The van der Waals surface area contributed by atoms with Gasteiger partial charge in [-0.2, -0.15) is 4.98 Å². The van der Waals surface area contributed by atoms with Gasteiger partial charge >= 0.3 is 0 Å². The number of hydrogen-bond donors (Lipinski definition) is 2. The van der Waals surface area contributed by atoms with Crippen LogP contribution in [0.25, 0.3) is 0 Å². The smallest absolute Gasteiger partial charge is 0.245 e. The van der Waals surface area contributed by atoms with Crippen molar-refractivity contribution in [1.29, 1.82) is 0 Å². The average Bonchev–Trinajstić information content (AvgIpc) is 3.07. The monoisotopic (exact) mass is 354 g/mol. The number of hydrogen-bond acceptors (Lipinski definition) is 6. The van der Waals surface area contributed by atoms with Crippen molar-refractivity contribution in [3.8, 4) is 0 Å². The summed E-state index contributed by atoms with van der Waals surface area (Å²) in [5, 5.41) is 7.27. The highest BCUT2D eigenvalue weighted by Crippen LogP contribution is 2.27. The zero-order chi connectivity index (χ0) is 17.5. The summed E-state index contributed by atoms with van der Waals surface area (Å²) >= 11 is 1.39. The van der Waals surface area contributed by atoms with Gasteiger partial charge in [-0.1, -0.05) is 47.6 Å². The van der Waals surface area contributed by atoms with Crippen LogP contribution in [0.1, 0.15) is 17.3 Å². The maximum Gasteiger partial charge on any atom is 0.245 e. The Labute approximate surface area is 149 Å². The van der Waals surface area contributed by atoms with Crippen LogP contribution >= 0.6 is 11.8 Å². The second kappa shape index (κ2) is 8.34. The second-order valence-electron chi connectivity index (χ2n) is 5.37. The van der Waals surface area contributed by atoms with E-state index in [1.165, 1.54) is 11.8 Å². The molecule has 3 N–H and O–H groups in total. The Bertz CT molecular complexity index is 836. The van der Waals surface area contributed by atoms with E-state index >= 15 is 0 Å². The lowest BCUT2D eigenvalue weighted by Crippen LogP contribution is -2.13. The number of anilines is 1. The Kier molecular flexibility index (Phi) is 5.69. The molecule has 0 aliphatic heterocycles. The molecule has 0 saturated heterocycles. The Morgan fingerprint density at radius 2 is 1.88 bits per heavy atom. The predicted octanol–water partition coefficient (Wildman–Crippen LogP) is 2.85. The van der Waals surface area contributed by atoms with Crippen molar-refractivity contribution in [3.63, 3.8) is 0 Å². The molecule has 2 aromatic carbocycles. The highest BCUT2D eigenvalue weighted by molar-refractivity contribution is 8.00. The molecule has 128 valence electrons. The molecule has 7 heteroatoms. The molecule has 0 atom stereocenters. The van der Waals surface area contributed by atoms with Crippen molar-refractivity contribution in [1.82, 2.24) is 10.1 Å². The Morgan fingerprint density at radius 1 is 1.12 bits per heavy atom. The van der Waals surface area contributed by atoms with Crippen molar-refractivity contribution in [2.45, 2.75) is 17.9 Å². The lowest BCUT2D eigenvalue weighted by atomic mass is 10.1. The van der Waals surface area contributed by atoms with Gasteiger partial charge in [-0.05, 0) is 17.7 Å². The van der Waals surface area contributed by atoms with Gasteiger partial charge in [0.2, 0.25) is 11.8 Å². The zero-order valence-corrected chi connectivity index (χ0v) is 14.3. The number of primary amides is 1. The van der Waals surface area contributed by atoms with Crippen LogP contribution in [0.2, 0.25) is 0 Å². The SMILES string of the molecule is NC(=O)CSc1ccccc1NCc1nc(Cc2ccccc2)no1. The number of benzene rings is 2. The number of carbonyl (C=O) groups is 1. The predicted molar refractivity (Wildman–Crippen MR) is 97.2 cm³/mol. The molecule has 3 rings (SSSR count). The zero-order valence-electron chi connectivity index (χ0n) is 13.5. The summed E-state index contributed by atoms with van der Waals surface area (Å²) in [6, 6.07) is 17.7. The molecule has 0 aliphatic rings. The van der Waals surface area contributed by atoms with E-state index in [1.807, 2.05) is 54.6 Å². The fourth-order valence-electron chi connectivity index (χ4n) is 2.27. The summed E-state index contributed by atoms with van der Waals surface area (Å²) < 4.78 is 5.29. The van der Waals surface area contributed by atoms with Crippen LogP contribution in [-0.4, -0.2) is 21.8 Å². The van der Waals surface area contributed by atoms with Gasteiger partial charge in [0.05, 0.1) is 12.3 Å². The fourth-order valence-corrected chi connectivity index (χ4v) is 3.04. The third-order valence-electron chi connectivity index (χ3n) is 3.40. The van der Waals surface area contributed by atoms with E-state index in [4.69, 9.17) is 10.3 Å². The lowest BCUT2D eigenvalue weighted by Gasteiger charge is -2.09. The summed E-state index contributed by atoms with van der Waals surface area (Å²) in [5.74, 6) is 1.06. The molecule has 6 nitrogen and oxygen atoms in total. The molecule has 0 spiro atoms. The number of nitrogens with zero attached hydrogens (tertiary/aromatic N) is 2. The normalized spacial score (nSPS) is 10.6. The quantitative estimate of drug-likeness (QED) is 0.604. The molecular formula is C18H18N4O2S. The molecule has 1 amide bonds. The standard InChI is InChI=1S/C18H18N4O2S/c19-16(23)12-25-15-9-5-4-8-14(15)20-11-18-21-17(22-24-18)10-13-6-2-1-3-7-13/h1-9,20H,10-12H2,(H2,19,23). The third kappa shape index (κ3) is 5.09. The third-order valence-corrected chi connectivity index (χ3v) is 4.50. The van der Waals surface area contributed by atoms with Crippen molar-refractivity contribution < 1.29 is 9.32 Å². The fraction of sp³-hybridized carbons (Fsp3) is 0.167. The van der Waals surface area contributed by atoms with E-state index in [0.29, 0.717) is 24.7 Å². The topological polar surface area (TPSA) is 94.0 Å². The molecule has 0 radical (unpaired) electrons. The number of carbonyl (C=O) groups excluding carboxylic acids is 1. The van der Waals surface area contributed by atoms with Crippen LogP contribution in [0.4, 0.5) is 5.69 Å². The maximum absolute atomic E-state index is 11.0. The minimum absolute atomic E-state index is 0.237. The molecule has 0 aliphatic carbocycles. The van der Waals surface area contributed by atoms with Crippen molar-refractivity contribution in [3.05, 3.63) is 71.9 Å². The van der Waals surface area contributed by atoms with E-state index in [0.717, 1.165) is 16.1 Å². The Morgan fingerprint density at radius 3 is 2.68 bits per heavy atom. The summed E-state index contributed by atoms with van der Waals surface area (Å²) in [6.45, 7) is 0.413. The number of rotatable bonds is 8. The molecule has 1 heterocycles. The summed E-state index contributed by atoms with van der Waals surface area (Å²) in [5.41, 5.74) is 7.24. The van der Waals surface area contributed by atoms with Gasteiger partial charge in [0.25, 0.3) is 0 Å². The molecule has 0 unspecified atom stereocenters. The molecule has 3 aromatic rings. The molecule has 1 aromatic heterocycles. The number of amides is 1. The van der Waals surface area contributed by atoms with Crippen LogP contribution < -0.4 is 11.1 Å². The van der Waals surface area contributed by atoms with E-state index < -0.39 is 0 Å². The number of aromatic nitrogens is 2.